The molecule has 1 N–H and O–H groups in total. The maximum Gasteiger partial charge on any atom is 0.264 e. The van der Waals surface area contributed by atoms with Crippen molar-refractivity contribution in [2.24, 2.45) is 0 Å². The molecule has 1 aliphatic carbocycles. The molecule has 0 aliphatic heterocycles. The van der Waals surface area contributed by atoms with Crippen LogP contribution in [-0.4, -0.2) is 58.0 Å². The second kappa shape index (κ2) is 16.8. The van der Waals surface area contributed by atoms with Gasteiger partial charge in [-0.25, -0.2) is 8.42 Å². The van der Waals surface area contributed by atoms with Crippen LogP contribution in [0.4, 0.5) is 5.69 Å². The molecule has 4 aromatic rings. The van der Waals surface area contributed by atoms with Gasteiger partial charge >= 0.3 is 0 Å². The Morgan fingerprint density at radius 3 is 2.14 bits per heavy atom. The smallest absolute Gasteiger partial charge is 0.264 e. The Balaban J connectivity index is 1.60. The van der Waals surface area contributed by atoms with Crippen LogP contribution < -0.4 is 19.1 Å². The van der Waals surface area contributed by atoms with Crippen molar-refractivity contribution >= 4 is 62.3 Å². The van der Waals surface area contributed by atoms with Crippen molar-refractivity contribution in [3.05, 3.63) is 117 Å². The van der Waals surface area contributed by atoms with Gasteiger partial charge in [0.1, 0.15) is 12.6 Å². The number of rotatable bonds is 14. The first-order valence-corrected chi connectivity index (χ1v) is 18.7. The number of hydrogen-bond donors (Lipinski definition) is 1. The second-order valence-corrected chi connectivity index (χ2v) is 15.1. The molecule has 0 heterocycles. The summed E-state index contributed by atoms with van der Waals surface area (Å²) in [4.78, 5) is 30.2. The van der Waals surface area contributed by atoms with E-state index in [1.807, 2.05) is 30.3 Å². The zero-order chi connectivity index (χ0) is 35.8. The van der Waals surface area contributed by atoms with Gasteiger partial charge in [0.15, 0.2) is 11.5 Å². The number of hydrogen-bond acceptors (Lipinski definition) is 6. The predicted octanol–water partition coefficient (Wildman–Crippen LogP) is 7.56. The molecule has 1 unspecified atom stereocenters. The average Bonchev–Trinajstić information content (AvgIpc) is 3.63. The highest BCUT2D eigenvalue weighted by atomic mass is 35.5. The molecule has 4 aromatic carbocycles. The van der Waals surface area contributed by atoms with E-state index in [9.17, 15) is 18.0 Å². The topological polar surface area (TPSA) is 105 Å². The van der Waals surface area contributed by atoms with E-state index in [4.69, 9.17) is 44.3 Å². The summed E-state index contributed by atoms with van der Waals surface area (Å²) < 4.78 is 40.5. The van der Waals surface area contributed by atoms with E-state index >= 15 is 0 Å². The fourth-order valence-electron chi connectivity index (χ4n) is 6.00. The quantitative estimate of drug-likeness (QED) is 0.142. The summed E-state index contributed by atoms with van der Waals surface area (Å²) in [7, 11) is -1.55. The molecule has 0 saturated heterocycles. The van der Waals surface area contributed by atoms with Crippen molar-refractivity contribution < 1.29 is 27.5 Å². The minimum atomic E-state index is -4.40. The van der Waals surface area contributed by atoms with Crippen LogP contribution in [0.25, 0.3) is 0 Å². The molecule has 264 valence electrons. The van der Waals surface area contributed by atoms with E-state index in [0.717, 1.165) is 35.6 Å². The van der Waals surface area contributed by atoms with E-state index in [2.05, 4.69) is 5.32 Å². The Morgan fingerprint density at radius 1 is 0.840 bits per heavy atom. The molecular weight excluding hydrogens is 721 g/mol. The Labute approximate surface area is 308 Å². The maximum atomic E-state index is 14.8. The van der Waals surface area contributed by atoms with Crippen molar-refractivity contribution in [3.8, 4) is 11.5 Å². The Morgan fingerprint density at radius 2 is 1.50 bits per heavy atom. The van der Waals surface area contributed by atoms with Crippen LogP contribution in [0.2, 0.25) is 15.1 Å². The van der Waals surface area contributed by atoms with E-state index in [1.54, 1.807) is 18.2 Å². The van der Waals surface area contributed by atoms with Crippen molar-refractivity contribution in [2.75, 3.05) is 25.1 Å². The molecule has 5 rings (SSSR count). The molecule has 0 bridgehead atoms. The summed E-state index contributed by atoms with van der Waals surface area (Å²) in [6.45, 7) is -0.735. The van der Waals surface area contributed by atoms with Crippen LogP contribution in [0.3, 0.4) is 0 Å². The molecular formula is C37H38Cl3N3O6S. The van der Waals surface area contributed by atoms with Gasteiger partial charge in [-0.1, -0.05) is 84.0 Å². The highest BCUT2D eigenvalue weighted by Crippen LogP contribution is 2.33. The van der Waals surface area contributed by atoms with Gasteiger partial charge in [-0.05, 0) is 72.5 Å². The van der Waals surface area contributed by atoms with E-state index in [-0.39, 0.29) is 41.2 Å². The summed E-state index contributed by atoms with van der Waals surface area (Å²) in [6.07, 6.45) is 3.87. The lowest BCUT2D eigenvalue weighted by Crippen LogP contribution is -2.54. The SMILES string of the molecule is COc1ccc(S(=O)(=O)N(CC(=O)N(Cc2ccc(Cl)cc2Cl)C(Cc2ccccc2)C(=O)NC2CCCC2)c2ccc(Cl)cc2)cc1OC. The van der Waals surface area contributed by atoms with Crippen LogP contribution in [0.15, 0.2) is 95.9 Å². The van der Waals surface area contributed by atoms with E-state index < -0.39 is 28.5 Å². The fraction of sp³-hybridized carbons (Fsp3) is 0.297. The van der Waals surface area contributed by atoms with Gasteiger partial charge in [-0.2, -0.15) is 0 Å². The number of ether oxygens (including phenoxy) is 2. The Hall–Kier alpha value is -3.96. The first-order chi connectivity index (χ1) is 24.0. The second-order valence-electron chi connectivity index (χ2n) is 12.0. The molecule has 1 aliphatic rings. The number of amides is 2. The first kappa shape index (κ1) is 37.3. The molecule has 1 atom stereocenters. The average molecular weight is 759 g/mol. The number of anilines is 1. The van der Waals surface area contributed by atoms with Gasteiger partial charge in [0.05, 0.1) is 24.8 Å². The molecule has 0 radical (unpaired) electrons. The normalized spacial score (nSPS) is 13.8. The van der Waals surface area contributed by atoms with Gasteiger partial charge in [-0.3, -0.25) is 13.9 Å². The number of benzene rings is 4. The third-order valence-corrected chi connectivity index (χ3v) is 11.3. The molecule has 13 heteroatoms. The molecule has 1 fully saturated rings. The fourth-order valence-corrected chi connectivity index (χ4v) is 8.02. The lowest BCUT2D eigenvalue weighted by molar-refractivity contribution is -0.140. The van der Waals surface area contributed by atoms with Crippen LogP contribution in [0, 0.1) is 0 Å². The van der Waals surface area contributed by atoms with E-state index in [1.165, 1.54) is 61.6 Å². The number of carbonyl (C=O) groups is 2. The summed E-state index contributed by atoms with van der Waals surface area (Å²) >= 11 is 19.0. The predicted molar refractivity (Wildman–Crippen MR) is 197 cm³/mol. The third-order valence-electron chi connectivity index (χ3n) is 8.66. The third kappa shape index (κ3) is 9.03. The van der Waals surface area contributed by atoms with Gasteiger partial charge in [0, 0.05) is 40.1 Å². The number of sulfonamides is 1. The number of methoxy groups -OCH3 is 2. The zero-order valence-corrected chi connectivity index (χ0v) is 30.7. The zero-order valence-electron chi connectivity index (χ0n) is 27.7. The van der Waals surface area contributed by atoms with Crippen LogP contribution in [0.1, 0.15) is 36.8 Å². The summed E-state index contributed by atoms with van der Waals surface area (Å²) in [5.41, 5.74) is 1.56. The number of nitrogens with zero attached hydrogens (tertiary/aromatic N) is 2. The van der Waals surface area contributed by atoms with E-state index in [0.29, 0.717) is 26.4 Å². The Bertz CT molecular complexity index is 1910. The molecule has 0 spiro atoms. The Kier molecular flexibility index (Phi) is 12.6. The van der Waals surface area contributed by atoms with Crippen molar-refractivity contribution in [2.45, 2.75) is 55.6 Å². The highest BCUT2D eigenvalue weighted by Gasteiger charge is 2.36. The summed E-state index contributed by atoms with van der Waals surface area (Å²) in [5, 5.41) is 4.25. The summed E-state index contributed by atoms with van der Waals surface area (Å²) in [5.74, 6) is -0.428. The minimum absolute atomic E-state index is 0.0205. The lowest BCUT2D eigenvalue weighted by atomic mass is 10.0. The standard InChI is InChI=1S/C37H38Cl3N3O6S/c1-48-34-19-18-31(22-35(34)49-2)50(46,47)43(30-16-14-27(38)15-17-30)24-36(44)42(23-26-12-13-28(39)21-32(26)40)33(20-25-8-4-3-5-9-25)37(45)41-29-10-6-7-11-29/h3-5,8-9,12-19,21-22,29,33H,6-7,10-11,20,23-24H2,1-2H3,(H,41,45). The van der Waals surface area contributed by atoms with Crippen molar-refractivity contribution in [1.82, 2.24) is 10.2 Å². The largest absolute Gasteiger partial charge is 0.493 e. The molecule has 9 nitrogen and oxygen atoms in total. The van der Waals surface area contributed by atoms with Gasteiger partial charge in [0.2, 0.25) is 11.8 Å². The minimum Gasteiger partial charge on any atom is -0.493 e. The maximum absolute atomic E-state index is 14.8. The molecule has 2 amide bonds. The molecule has 1 saturated carbocycles. The molecule has 0 aromatic heterocycles. The van der Waals surface area contributed by atoms with Crippen molar-refractivity contribution in [1.29, 1.82) is 0 Å². The first-order valence-electron chi connectivity index (χ1n) is 16.1. The van der Waals surface area contributed by atoms with Crippen LogP contribution >= 0.6 is 34.8 Å². The van der Waals surface area contributed by atoms with Crippen molar-refractivity contribution in [3.63, 3.8) is 0 Å². The van der Waals surface area contributed by atoms with Crippen LogP contribution in [-0.2, 0) is 32.6 Å². The molecule has 50 heavy (non-hydrogen) atoms. The lowest BCUT2D eigenvalue weighted by Gasteiger charge is -2.34. The van der Waals surface area contributed by atoms with Crippen LogP contribution in [0.5, 0.6) is 11.5 Å². The van der Waals surface area contributed by atoms with Gasteiger partial charge in [0.25, 0.3) is 10.0 Å². The monoisotopic (exact) mass is 757 g/mol. The number of nitrogens with one attached hydrogen (secondary N) is 1. The summed E-state index contributed by atoms with van der Waals surface area (Å²) in [6, 6.07) is 23.5. The highest BCUT2D eigenvalue weighted by molar-refractivity contribution is 7.92. The number of carbonyl (C=O) groups excluding carboxylic acids is 2. The van der Waals surface area contributed by atoms with Gasteiger partial charge in [-0.15, -0.1) is 0 Å². The number of halogens is 3. The van der Waals surface area contributed by atoms with Gasteiger partial charge < -0.3 is 19.7 Å².